The van der Waals surface area contributed by atoms with E-state index in [1.807, 2.05) is 31.6 Å². The van der Waals surface area contributed by atoms with E-state index in [4.69, 9.17) is 0 Å². The molecule has 1 atom stereocenters. The molecule has 2 aromatic rings. The number of aromatic nitrogens is 2. The molecule has 5 heteroatoms. The van der Waals surface area contributed by atoms with Crippen LogP contribution in [0.15, 0.2) is 45.7 Å². The van der Waals surface area contributed by atoms with Crippen molar-refractivity contribution in [1.29, 1.82) is 0 Å². The number of hydrogen-bond donors (Lipinski definition) is 1. The lowest BCUT2D eigenvalue weighted by atomic mass is 10.0. The van der Waals surface area contributed by atoms with Crippen molar-refractivity contribution in [3.63, 3.8) is 0 Å². The van der Waals surface area contributed by atoms with Crippen molar-refractivity contribution in [2.75, 3.05) is 7.05 Å². The Morgan fingerprint density at radius 1 is 1.33 bits per heavy atom. The van der Waals surface area contributed by atoms with Crippen LogP contribution >= 0.6 is 31.9 Å². The van der Waals surface area contributed by atoms with Crippen molar-refractivity contribution < 1.29 is 0 Å². The van der Waals surface area contributed by atoms with Crippen molar-refractivity contribution in [1.82, 2.24) is 15.3 Å². The van der Waals surface area contributed by atoms with Crippen molar-refractivity contribution in [2.24, 2.45) is 0 Å². The molecule has 2 rings (SSSR count). The van der Waals surface area contributed by atoms with Gasteiger partial charge in [-0.25, -0.2) is 0 Å². The molecule has 0 radical (unpaired) electrons. The fourth-order valence-corrected chi connectivity index (χ4v) is 3.04. The van der Waals surface area contributed by atoms with Gasteiger partial charge in [-0.1, -0.05) is 6.07 Å². The number of likely N-dealkylation sites (N-methyl/N-ethyl adjacent to an activating group) is 1. The highest BCUT2D eigenvalue weighted by Crippen LogP contribution is 2.26. The van der Waals surface area contributed by atoms with Crippen LogP contribution in [0.3, 0.4) is 0 Å². The number of pyridine rings is 2. The van der Waals surface area contributed by atoms with Crippen molar-refractivity contribution >= 4 is 31.9 Å². The fraction of sp³-hybridized carbons (Fsp3) is 0.231. The summed E-state index contributed by atoms with van der Waals surface area (Å²) < 4.78 is 1.97. The normalized spacial score (nSPS) is 12.4. The predicted molar refractivity (Wildman–Crippen MR) is 79.4 cm³/mol. The minimum atomic E-state index is 0.164. The zero-order valence-corrected chi connectivity index (χ0v) is 13.1. The zero-order chi connectivity index (χ0) is 13.0. The second-order valence-corrected chi connectivity index (χ2v) is 5.70. The molecule has 0 aliphatic carbocycles. The minimum Gasteiger partial charge on any atom is -0.311 e. The van der Waals surface area contributed by atoms with Gasteiger partial charge in [0.15, 0.2) is 0 Å². The van der Waals surface area contributed by atoms with E-state index in [9.17, 15) is 0 Å². The molecule has 2 aromatic heterocycles. The lowest BCUT2D eigenvalue weighted by Crippen LogP contribution is -2.20. The second kappa shape index (κ2) is 6.41. The predicted octanol–water partition coefficient (Wildman–Crippen LogP) is 3.50. The van der Waals surface area contributed by atoms with E-state index < -0.39 is 0 Å². The first-order chi connectivity index (χ1) is 8.70. The molecule has 3 nitrogen and oxygen atoms in total. The van der Waals surface area contributed by atoms with E-state index in [0.717, 1.165) is 21.1 Å². The molecule has 18 heavy (non-hydrogen) atoms. The van der Waals surface area contributed by atoms with Gasteiger partial charge in [0.05, 0.1) is 11.7 Å². The van der Waals surface area contributed by atoms with Gasteiger partial charge in [0.25, 0.3) is 0 Å². The highest BCUT2D eigenvalue weighted by atomic mass is 79.9. The van der Waals surface area contributed by atoms with Gasteiger partial charge in [-0.15, -0.1) is 0 Å². The molecule has 0 spiro atoms. The maximum Gasteiger partial charge on any atom is 0.0719 e. The highest BCUT2D eigenvalue weighted by molar-refractivity contribution is 9.11. The Hall–Kier alpha value is -0.780. The first-order valence-electron chi connectivity index (χ1n) is 5.58. The Morgan fingerprint density at radius 2 is 2.17 bits per heavy atom. The fourth-order valence-electron chi connectivity index (χ4n) is 1.77. The molecule has 0 aliphatic rings. The summed E-state index contributed by atoms with van der Waals surface area (Å²) in [6, 6.07) is 6.20. The van der Waals surface area contributed by atoms with E-state index in [2.05, 4.69) is 53.2 Å². The monoisotopic (exact) mass is 369 g/mol. The molecule has 0 fully saturated rings. The van der Waals surface area contributed by atoms with Crippen LogP contribution in [0.2, 0.25) is 0 Å². The van der Waals surface area contributed by atoms with Gasteiger partial charge < -0.3 is 5.32 Å². The third-order valence-electron chi connectivity index (χ3n) is 2.68. The van der Waals surface area contributed by atoms with E-state index in [0.29, 0.717) is 0 Å². The van der Waals surface area contributed by atoms with Crippen LogP contribution in [0.5, 0.6) is 0 Å². The van der Waals surface area contributed by atoms with E-state index in [1.54, 1.807) is 6.20 Å². The third kappa shape index (κ3) is 3.37. The van der Waals surface area contributed by atoms with Gasteiger partial charge in [-0.3, -0.25) is 9.97 Å². The molecule has 1 unspecified atom stereocenters. The summed E-state index contributed by atoms with van der Waals surface area (Å²) in [6.45, 7) is 0. The Kier molecular flexibility index (Phi) is 4.86. The summed E-state index contributed by atoms with van der Waals surface area (Å²) in [5, 5.41) is 3.29. The van der Waals surface area contributed by atoms with E-state index in [1.165, 1.54) is 5.56 Å². The van der Waals surface area contributed by atoms with Gasteiger partial charge in [0.1, 0.15) is 0 Å². The summed E-state index contributed by atoms with van der Waals surface area (Å²) >= 11 is 6.97. The average molecular weight is 371 g/mol. The van der Waals surface area contributed by atoms with Crippen LogP contribution in [0.25, 0.3) is 0 Å². The second-order valence-electron chi connectivity index (χ2n) is 3.93. The van der Waals surface area contributed by atoms with Gasteiger partial charge in [0, 0.05) is 27.5 Å². The molecular formula is C13H13Br2N3. The largest absolute Gasteiger partial charge is 0.311 e. The molecule has 1 N–H and O–H groups in total. The van der Waals surface area contributed by atoms with Crippen molar-refractivity contribution in [2.45, 2.75) is 12.5 Å². The van der Waals surface area contributed by atoms with Crippen molar-refractivity contribution in [3.8, 4) is 0 Å². The van der Waals surface area contributed by atoms with Crippen LogP contribution in [0, 0.1) is 0 Å². The minimum absolute atomic E-state index is 0.164. The number of hydrogen-bond acceptors (Lipinski definition) is 3. The molecule has 0 aliphatic heterocycles. The summed E-state index contributed by atoms with van der Waals surface area (Å²) in [7, 11) is 1.94. The lowest BCUT2D eigenvalue weighted by Gasteiger charge is -2.17. The lowest BCUT2D eigenvalue weighted by molar-refractivity contribution is 0.572. The first kappa shape index (κ1) is 13.6. The standard InChI is InChI=1S/C13H13Br2N3/c1-16-12(5-9-3-2-4-17-7-9)13-11(15)6-10(14)8-18-13/h2-4,6-8,12,16H,5H2,1H3. The maximum absolute atomic E-state index is 4.47. The van der Waals surface area contributed by atoms with Gasteiger partial charge >= 0.3 is 0 Å². The molecule has 94 valence electrons. The van der Waals surface area contributed by atoms with Crippen LogP contribution in [0.1, 0.15) is 17.3 Å². The Balaban J connectivity index is 2.23. The molecular weight excluding hydrogens is 358 g/mol. The summed E-state index contributed by atoms with van der Waals surface area (Å²) in [5.41, 5.74) is 2.19. The quantitative estimate of drug-likeness (QED) is 0.894. The number of rotatable bonds is 4. The Labute approximate surface area is 123 Å². The molecule has 0 aromatic carbocycles. The Bertz CT molecular complexity index is 517. The zero-order valence-electron chi connectivity index (χ0n) is 9.90. The van der Waals surface area contributed by atoms with Crippen LogP contribution < -0.4 is 5.32 Å². The topological polar surface area (TPSA) is 37.8 Å². The highest BCUT2D eigenvalue weighted by Gasteiger charge is 2.15. The van der Waals surface area contributed by atoms with Gasteiger partial charge in [-0.05, 0) is 63.0 Å². The molecule has 0 amide bonds. The number of nitrogens with one attached hydrogen (secondary N) is 1. The van der Waals surface area contributed by atoms with E-state index >= 15 is 0 Å². The molecule has 0 saturated carbocycles. The molecule has 0 saturated heterocycles. The van der Waals surface area contributed by atoms with E-state index in [-0.39, 0.29) is 6.04 Å². The summed E-state index contributed by atoms with van der Waals surface area (Å²) in [5.74, 6) is 0. The van der Waals surface area contributed by atoms with Crippen LogP contribution in [0.4, 0.5) is 0 Å². The Morgan fingerprint density at radius 3 is 2.78 bits per heavy atom. The SMILES string of the molecule is CNC(Cc1cccnc1)c1ncc(Br)cc1Br. The molecule has 2 heterocycles. The third-order valence-corrected chi connectivity index (χ3v) is 3.75. The van der Waals surface area contributed by atoms with Gasteiger partial charge in [-0.2, -0.15) is 0 Å². The summed E-state index contributed by atoms with van der Waals surface area (Å²) in [6.07, 6.45) is 6.34. The van der Waals surface area contributed by atoms with Crippen molar-refractivity contribution in [3.05, 3.63) is 57.0 Å². The van der Waals surface area contributed by atoms with Gasteiger partial charge in [0.2, 0.25) is 0 Å². The molecule has 0 bridgehead atoms. The van der Waals surface area contributed by atoms with Crippen LogP contribution in [-0.2, 0) is 6.42 Å². The smallest absolute Gasteiger partial charge is 0.0719 e. The first-order valence-corrected chi connectivity index (χ1v) is 7.16. The number of nitrogens with zero attached hydrogens (tertiary/aromatic N) is 2. The number of halogens is 2. The maximum atomic E-state index is 4.47. The average Bonchev–Trinajstić information content (AvgIpc) is 2.38. The van der Waals surface area contributed by atoms with Crippen LogP contribution in [-0.4, -0.2) is 17.0 Å². The summed E-state index contributed by atoms with van der Waals surface area (Å²) in [4.78, 5) is 8.60.